The van der Waals surface area contributed by atoms with Gasteiger partial charge in [0.25, 0.3) is 6.29 Å². The molecule has 2 N–H and O–H groups in total. The standard InChI is InChI=1S/C15H12FNO5/c16-11-6-8-12(9-7-11)20-15(19)22-13(21-14(17)18)10-4-2-1-3-5-10/h1-9,13H,(H2,17,18). The van der Waals surface area contributed by atoms with Gasteiger partial charge in [0.2, 0.25) is 0 Å². The van der Waals surface area contributed by atoms with Crippen LogP contribution in [-0.2, 0) is 9.47 Å². The van der Waals surface area contributed by atoms with E-state index in [1.54, 1.807) is 30.3 Å². The van der Waals surface area contributed by atoms with Crippen molar-refractivity contribution in [3.8, 4) is 5.75 Å². The van der Waals surface area contributed by atoms with E-state index in [1.807, 2.05) is 0 Å². The number of hydrogen-bond acceptors (Lipinski definition) is 5. The number of carbonyl (C=O) groups is 2. The molecule has 0 saturated heterocycles. The second-order valence-electron chi connectivity index (χ2n) is 4.10. The van der Waals surface area contributed by atoms with E-state index in [0.29, 0.717) is 5.56 Å². The highest BCUT2D eigenvalue weighted by Gasteiger charge is 2.21. The minimum absolute atomic E-state index is 0.0808. The largest absolute Gasteiger partial charge is 0.517 e. The Balaban J connectivity index is 2.04. The molecular weight excluding hydrogens is 293 g/mol. The molecule has 2 aromatic rings. The summed E-state index contributed by atoms with van der Waals surface area (Å²) in [6, 6.07) is 13.0. The lowest BCUT2D eigenvalue weighted by atomic mass is 10.2. The van der Waals surface area contributed by atoms with E-state index in [1.165, 1.54) is 12.1 Å². The monoisotopic (exact) mass is 305 g/mol. The van der Waals surface area contributed by atoms with Crippen molar-refractivity contribution in [2.45, 2.75) is 6.29 Å². The van der Waals surface area contributed by atoms with Crippen LogP contribution in [0.4, 0.5) is 14.0 Å². The van der Waals surface area contributed by atoms with Gasteiger partial charge in [-0.05, 0) is 24.3 Å². The van der Waals surface area contributed by atoms with Crippen LogP contribution in [0.2, 0.25) is 0 Å². The van der Waals surface area contributed by atoms with Crippen LogP contribution in [0.25, 0.3) is 0 Å². The molecule has 7 heteroatoms. The number of nitrogens with two attached hydrogens (primary N) is 1. The van der Waals surface area contributed by atoms with Gasteiger partial charge in [-0.15, -0.1) is 0 Å². The number of ether oxygens (including phenoxy) is 3. The Hall–Kier alpha value is -3.09. The predicted molar refractivity (Wildman–Crippen MR) is 73.4 cm³/mol. The highest BCUT2D eigenvalue weighted by atomic mass is 19.1. The van der Waals surface area contributed by atoms with Crippen molar-refractivity contribution in [1.29, 1.82) is 0 Å². The van der Waals surface area contributed by atoms with Gasteiger partial charge in [-0.2, -0.15) is 0 Å². The number of primary amides is 1. The van der Waals surface area contributed by atoms with Crippen LogP contribution in [0.5, 0.6) is 5.75 Å². The Kier molecular flexibility index (Phi) is 4.92. The van der Waals surface area contributed by atoms with Crippen LogP contribution < -0.4 is 10.5 Å². The zero-order valence-corrected chi connectivity index (χ0v) is 11.3. The van der Waals surface area contributed by atoms with Gasteiger partial charge >= 0.3 is 12.2 Å². The van der Waals surface area contributed by atoms with Crippen LogP contribution in [0.1, 0.15) is 11.9 Å². The molecule has 0 aliphatic carbocycles. The van der Waals surface area contributed by atoms with Gasteiger partial charge in [0.15, 0.2) is 0 Å². The number of amides is 1. The maximum Gasteiger partial charge on any atom is 0.517 e. The smallest absolute Gasteiger partial charge is 0.404 e. The zero-order chi connectivity index (χ0) is 15.9. The first-order valence-electron chi connectivity index (χ1n) is 6.19. The molecule has 0 aliphatic rings. The summed E-state index contributed by atoms with van der Waals surface area (Å²) >= 11 is 0. The molecule has 0 spiro atoms. The average Bonchev–Trinajstić information content (AvgIpc) is 2.49. The lowest BCUT2D eigenvalue weighted by Crippen LogP contribution is -2.23. The Morgan fingerprint density at radius 3 is 2.18 bits per heavy atom. The van der Waals surface area contributed by atoms with E-state index in [9.17, 15) is 14.0 Å². The molecule has 0 saturated carbocycles. The molecule has 0 heterocycles. The van der Waals surface area contributed by atoms with E-state index in [4.69, 9.17) is 19.9 Å². The summed E-state index contributed by atoms with van der Waals surface area (Å²) in [5, 5.41) is 0. The normalized spacial score (nSPS) is 11.3. The van der Waals surface area contributed by atoms with Gasteiger partial charge in [0.05, 0.1) is 0 Å². The van der Waals surface area contributed by atoms with E-state index in [2.05, 4.69) is 0 Å². The summed E-state index contributed by atoms with van der Waals surface area (Å²) < 4.78 is 27.2. The third kappa shape index (κ3) is 4.48. The molecule has 0 aliphatic heterocycles. The van der Waals surface area contributed by atoms with Gasteiger partial charge in [-0.25, -0.2) is 14.0 Å². The van der Waals surface area contributed by atoms with Gasteiger partial charge in [0.1, 0.15) is 11.6 Å². The second-order valence-corrected chi connectivity index (χ2v) is 4.10. The van der Waals surface area contributed by atoms with Crippen molar-refractivity contribution in [3.05, 3.63) is 66.0 Å². The Morgan fingerprint density at radius 2 is 1.59 bits per heavy atom. The first-order chi connectivity index (χ1) is 10.5. The number of carbonyl (C=O) groups excluding carboxylic acids is 2. The summed E-state index contributed by atoms with van der Waals surface area (Å²) in [6.07, 6.45) is -3.57. The molecule has 6 nitrogen and oxygen atoms in total. The molecule has 1 amide bonds. The predicted octanol–water partition coefficient (Wildman–Crippen LogP) is 3.14. The molecule has 1 unspecified atom stereocenters. The van der Waals surface area contributed by atoms with Crippen molar-refractivity contribution in [1.82, 2.24) is 0 Å². The fourth-order valence-electron chi connectivity index (χ4n) is 1.59. The SMILES string of the molecule is NC(=O)OC(OC(=O)Oc1ccc(F)cc1)c1ccccc1. The fraction of sp³-hybridized carbons (Fsp3) is 0.0667. The van der Waals surface area contributed by atoms with E-state index < -0.39 is 24.4 Å². The van der Waals surface area contributed by atoms with Crippen LogP contribution in [0.3, 0.4) is 0 Å². The molecule has 0 fully saturated rings. The summed E-state index contributed by atoms with van der Waals surface area (Å²) in [7, 11) is 0. The van der Waals surface area contributed by atoms with Gasteiger partial charge in [0, 0.05) is 5.56 Å². The van der Waals surface area contributed by atoms with Gasteiger partial charge in [-0.3, -0.25) is 0 Å². The van der Waals surface area contributed by atoms with Crippen molar-refractivity contribution in [2.24, 2.45) is 5.73 Å². The molecule has 2 rings (SSSR count). The first kappa shape index (κ1) is 15.3. The topological polar surface area (TPSA) is 87.9 Å². The summed E-state index contributed by atoms with van der Waals surface area (Å²) in [5.74, 6) is -0.391. The van der Waals surface area contributed by atoms with Crippen molar-refractivity contribution in [2.75, 3.05) is 0 Å². The summed E-state index contributed by atoms with van der Waals surface area (Å²) in [5.41, 5.74) is 5.34. The van der Waals surface area contributed by atoms with E-state index >= 15 is 0 Å². The average molecular weight is 305 g/mol. The van der Waals surface area contributed by atoms with Crippen molar-refractivity contribution >= 4 is 12.2 Å². The Morgan fingerprint density at radius 1 is 0.955 bits per heavy atom. The first-order valence-corrected chi connectivity index (χ1v) is 6.19. The van der Waals surface area contributed by atoms with Crippen molar-refractivity contribution < 1.29 is 28.2 Å². The third-order valence-corrected chi connectivity index (χ3v) is 2.51. The van der Waals surface area contributed by atoms with Crippen LogP contribution >= 0.6 is 0 Å². The lowest BCUT2D eigenvalue weighted by Gasteiger charge is -2.16. The van der Waals surface area contributed by atoms with Crippen LogP contribution in [0, 0.1) is 5.82 Å². The van der Waals surface area contributed by atoms with Crippen LogP contribution in [0.15, 0.2) is 54.6 Å². The number of halogens is 1. The molecule has 22 heavy (non-hydrogen) atoms. The molecule has 0 radical (unpaired) electrons. The quantitative estimate of drug-likeness (QED) is 0.532. The Labute approximate surface area is 125 Å². The molecule has 2 aromatic carbocycles. The minimum atomic E-state index is -1.34. The molecular formula is C15H12FNO5. The maximum absolute atomic E-state index is 12.8. The highest BCUT2D eigenvalue weighted by Crippen LogP contribution is 2.20. The summed E-state index contributed by atoms with van der Waals surface area (Å²) in [4.78, 5) is 22.6. The van der Waals surface area contributed by atoms with E-state index in [0.717, 1.165) is 12.1 Å². The highest BCUT2D eigenvalue weighted by molar-refractivity contribution is 5.66. The number of rotatable bonds is 4. The van der Waals surface area contributed by atoms with Crippen molar-refractivity contribution in [3.63, 3.8) is 0 Å². The van der Waals surface area contributed by atoms with E-state index in [-0.39, 0.29) is 5.75 Å². The lowest BCUT2D eigenvalue weighted by molar-refractivity contribution is -0.0748. The Bertz CT molecular complexity index is 645. The third-order valence-electron chi connectivity index (χ3n) is 2.51. The molecule has 114 valence electrons. The fourth-order valence-corrected chi connectivity index (χ4v) is 1.59. The minimum Gasteiger partial charge on any atom is -0.404 e. The maximum atomic E-state index is 12.8. The zero-order valence-electron chi connectivity index (χ0n) is 11.3. The van der Waals surface area contributed by atoms with Gasteiger partial charge in [-0.1, -0.05) is 30.3 Å². The van der Waals surface area contributed by atoms with Crippen LogP contribution in [-0.4, -0.2) is 12.2 Å². The second kappa shape index (κ2) is 7.07. The number of hydrogen-bond donors (Lipinski definition) is 1. The summed E-state index contributed by atoms with van der Waals surface area (Å²) in [6.45, 7) is 0. The number of benzene rings is 2. The molecule has 0 bridgehead atoms. The molecule has 1 atom stereocenters. The van der Waals surface area contributed by atoms with Gasteiger partial charge < -0.3 is 19.9 Å². The molecule has 0 aromatic heterocycles.